The van der Waals surface area contributed by atoms with Crippen molar-refractivity contribution in [3.8, 4) is 45.3 Å². The number of halogens is 2. The summed E-state index contributed by atoms with van der Waals surface area (Å²) in [6.07, 6.45) is 13.1. The summed E-state index contributed by atoms with van der Waals surface area (Å²) in [5.41, 5.74) is 7.70. The van der Waals surface area contributed by atoms with Gasteiger partial charge in [0.15, 0.2) is 17.7 Å². The number of hydrogen-bond donors (Lipinski definition) is 0. The Morgan fingerprint density at radius 2 is 1.33 bits per heavy atom. The van der Waals surface area contributed by atoms with Crippen molar-refractivity contribution >= 4 is 17.9 Å². The zero-order valence-corrected chi connectivity index (χ0v) is 43.0. The second-order valence-corrected chi connectivity index (χ2v) is 18.3. The van der Waals surface area contributed by atoms with Gasteiger partial charge in [0.1, 0.15) is 25.0 Å². The van der Waals surface area contributed by atoms with Crippen molar-refractivity contribution < 1.29 is 46.8 Å². The third-order valence-corrected chi connectivity index (χ3v) is 13.0. The van der Waals surface area contributed by atoms with Crippen molar-refractivity contribution in [2.24, 2.45) is 5.92 Å². The van der Waals surface area contributed by atoms with Gasteiger partial charge in [-0.15, -0.1) is 0 Å². The number of aryl methyl sites for hydroxylation is 1. The third-order valence-electron chi connectivity index (χ3n) is 13.0. The molecule has 0 spiro atoms. The van der Waals surface area contributed by atoms with E-state index in [1.807, 2.05) is 48.5 Å². The monoisotopic (exact) mass is 1030 g/mol. The van der Waals surface area contributed by atoms with E-state index in [1.54, 1.807) is 42.5 Å². The van der Waals surface area contributed by atoms with Crippen molar-refractivity contribution in [3.63, 3.8) is 0 Å². The van der Waals surface area contributed by atoms with Gasteiger partial charge in [0, 0.05) is 41.7 Å². The molecule has 392 valence electrons. The normalized spacial score (nSPS) is 16.1. The molecule has 2 aliphatic rings. The van der Waals surface area contributed by atoms with E-state index in [2.05, 4.69) is 66.3 Å². The number of epoxide rings is 1. The second kappa shape index (κ2) is 28.9. The Bertz CT molecular complexity index is 2960. The summed E-state index contributed by atoms with van der Waals surface area (Å²) in [5.74, 6) is -2.16. The first-order chi connectivity index (χ1) is 36.9. The molecule has 6 aromatic rings. The number of benzene rings is 5. The van der Waals surface area contributed by atoms with E-state index in [0.717, 1.165) is 95.3 Å². The van der Waals surface area contributed by atoms with Gasteiger partial charge < -0.3 is 28.5 Å². The number of hydrogen-bond acceptors (Lipinski definition) is 11. The molecule has 1 unspecified atom stereocenters. The van der Waals surface area contributed by atoms with E-state index in [0.29, 0.717) is 17.9 Å². The third kappa shape index (κ3) is 16.6. The van der Waals surface area contributed by atoms with E-state index in [9.17, 15) is 23.2 Å². The molecule has 0 radical (unpaired) electrons. The van der Waals surface area contributed by atoms with Crippen LogP contribution in [0, 0.1) is 35.5 Å². The van der Waals surface area contributed by atoms with Gasteiger partial charge in [-0.3, -0.25) is 0 Å². The molecule has 5 aromatic carbocycles. The number of ether oxygens (including phenoxy) is 5. The maximum absolute atomic E-state index is 14.0. The molecule has 2 fully saturated rings. The Labute approximate surface area is 443 Å². The molecule has 0 N–H and O–H groups in total. The van der Waals surface area contributed by atoms with Crippen LogP contribution in [0.4, 0.5) is 8.78 Å². The minimum Gasteiger partial charge on any atom is -0.459 e. The lowest BCUT2D eigenvalue weighted by atomic mass is 9.72. The molecular formula is C62H62F2N4O8. The van der Waals surface area contributed by atoms with E-state index in [-0.39, 0.29) is 36.7 Å². The predicted molar refractivity (Wildman–Crippen MR) is 286 cm³/mol. The van der Waals surface area contributed by atoms with Crippen molar-refractivity contribution in [1.29, 1.82) is 5.26 Å². The molecule has 1 aliphatic carbocycles. The summed E-state index contributed by atoms with van der Waals surface area (Å²) >= 11 is 0. The van der Waals surface area contributed by atoms with Crippen LogP contribution >= 0.6 is 0 Å². The first-order valence-electron chi connectivity index (χ1n) is 25.4. The van der Waals surface area contributed by atoms with Crippen LogP contribution in [0.1, 0.15) is 99.6 Å². The molecule has 2 heterocycles. The summed E-state index contributed by atoms with van der Waals surface area (Å²) in [4.78, 5) is 37.5. The van der Waals surface area contributed by atoms with Gasteiger partial charge in [-0.1, -0.05) is 125 Å². The molecule has 0 amide bonds. The van der Waals surface area contributed by atoms with Gasteiger partial charge >= 0.3 is 17.9 Å². The minimum atomic E-state index is -1.16. The number of carbonyl (C=O) groups is 3. The Morgan fingerprint density at radius 3 is 1.88 bits per heavy atom. The zero-order chi connectivity index (χ0) is 54.3. The molecule has 1 saturated heterocycles. The number of nitriles is 1. The summed E-state index contributed by atoms with van der Waals surface area (Å²) in [6.45, 7) is 19.6. The number of esters is 3. The van der Waals surface area contributed by atoms with Gasteiger partial charge in [0.2, 0.25) is 6.79 Å². The number of rotatable bonds is 20. The van der Waals surface area contributed by atoms with E-state index < -0.39 is 35.6 Å². The lowest BCUT2D eigenvalue weighted by molar-refractivity contribution is -0.146. The molecule has 1 aromatic heterocycles. The fraction of sp³-hybridized carbons (Fsp3) is 0.306. The Morgan fingerprint density at radius 1 is 0.737 bits per heavy atom. The molecule has 14 heteroatoms. The van der Waals surface area contributed by atoms with Crippen LogP contribution in [0.5, 0.6) is 5.75 Å². The molecule has 1 saturated carbocycles. The minimum absolute atomic E-state index is 0.0661. The second-order valence-electron chi connectivity index (χ2n) is 18.3. The summed E-state index contributed by atoms with van der Waals surface area (Å²) in [5, 5.41) is 17.2. The maximum Gasteiger partial charge on any atom is 0.338 e. The van der Waals surface area contributed by atoms with Crippen molar-refractivity contribution in [1.82, 2.24) is 10.2 Å². The number of unbranched alkanes of at least 4 members (excludes halogenated alkanes) is 2. The number of nitrogens with zero attached hydrogens (tertiary/aromatic N) is 4. The number of carbonyl (C=O) groups excluding carboxylic acids is 3. The SMILES string of the molecule is C=CC(=O)OCOc1ccc(-c2ccc(CCCCC)nn2)cc1.N#Cc1ccc(-c2ccc(COC(=O)C3CO3)cc2)c(F)c1F.[C-]#[N+]C1(c2ccc(-c3ccc(COC(=O)C=C)cc3)cc2)CCC(CCC)CC1. The van der Waals surface area contributed by atoms with Gasteiger partial charge in [0.05, 0.1) is 23.6 Å². The van der Waals surface area contributed by atoms with Crippen LogP contribution in [0.2, 0.25) is 0 Å². The van der Waals surface area contributed by atoms with Crippen LogP contribution in [0.3, 0.4) is 0 Å². The van der Waals surface area contributed by atoms with Crippen LogP contribution in [0.15, 0.2) is 147 Å². The van der Waals surface area contributed by atoms with E-state index in [1.165, 1.54) is 43.9 Å². The Kier molecular flexibility index (Phi) is 21.7. The predicted octanol–water partition coefficient (Wildman–Crippen LogP) is 13.6. The number of aromatic nitrogens is 2. The van der Waals surface area contributed by atoms with E-state index >= 15 is 0 Å². The Hall–Kier alpha value is -8.33. The average molecular weight is 1030 g/mol. The van der Waals surface area contributed by atoms with Crippen LogP contribution < -0.4 is 4.74 Å². The molecule has 76 heavy (non-hydrogen) atoms. The fourth-order valence-electron chi connectivity index (χ4n) is 8.51. The lowest BCUT2D eigenvalue weighted by Gasteiger charge is -2.31. The average Bonchev–Trinajstić information content (AvgIpc) is 4.33. The standard InChI is InChI=1S/C26H29NO2.C19H22N2O3.C17H11F2NO3/c1-4-6-20-15-17-26(27-3,18-16-20)24-13-11-23(12-14-24)22-9-7-21(8-10-22)19-29-25(28)5-2;1-3-5-6-7-16-10-13-18(21-20-16)15-8-11-17(12-9-15)23-14-24-19(22)4-2;18-15-12(7-20)5-6-13(16(15)19)11-3-1-10(2-4-11)8-23-17(21)14-9-22-14/h5,7-14,20H,2,4,6,15-19H2,1H3;4,8-13H,2-3,5-7,14H2,1H3;1-6,14H,8-9H2. The molecule has 8 rings (SSSR count). The van der Waals surface area contributed by atoms with Gasteiger partial charge in [-0.05, 0) is 108 Å². The molecule has 1 atom stereocenters. The van der Waals surface area contributed by atoms with Crippen molar-refractivity contribution in [2.75, 3.05) is 13.4 Å². The highest BCUT2D eigenvalue weighted by atomic mass is 19.2. The summed E-state index contributed by atoms with van der Waals surface area (Å²) in [7, 11) is 0. The zero-order valence-electron chi connectivity index (χ0n) is 43.0. The fourth-order valence-corrected chi connectivity index (χ4v) is 8.51. The van der Waals surface area contributed by atoms with E-state index in [4.69, 9.17) is 35.5 Å². The first kappa shape index (κ1) is 57.0. The maximum atomic E-state index is 14.0. The lowest BCUT2D eigenvalue weighted by Crippen LogP contribution is -2.28. The summed E-state index contributed by atoms with van der Waals surface area (Å²) in [6, 6.07) is 38.6. The van der Waals surface area contributed by atoms with Crippen LogP contribution in [0.25, 0.3) is 38.4 Å². The summed E-state index contributed by atoms with van der Waals surface area (Å²) < 4.78 is 52.6. The topological polar surface area (TPSA) is 155 Å². The van der Waals surface area contributed by atoms with Crippen LogP contribution in [-0.4, -0.2) is 47.6 Å². The largest absolute Gasteiger partial charge is 0.459 e. The highest BCUT2D eigenvalue weighted by Gasteiger charge is 2.42. The molecule has 1 aliphatic heterocycles. The van der Waals surface area contributed by atoms with Gasteiger partial charge in [-0.25, -0.2) is 29.7 Å². The molecular weight excluding hydrogens is 967 g/mol. The van der Waals surface area contributed by atoms with Crippen molar-refractivity contribution in [3.05, 3.63) is 198 Å². The van der Waals surface area contributed by atoms with Gasteiger partial charge in [-0.2, -0.15) is 15.5 Å². The van der Waals surface area contributed by atoms with Crippen LogP contribution in [-0.2, 0) is 58.5 Å². The first-order valence-corrected chi connectivity index (χ1v) is 25.4. The quantitative estimate of drug-likeness (QED) is 0.0136. The highest BCUT2D eigenvalue weighted by Crippen LogP contribution is 2.44. The molecule has 0 bridgehead atoms. The Balaban J connectivity index is 0.000000187. The van der Waals surface area contributed by atoms with Gasteiger partial charge in [0.25, 0.3) is 5.54 Å². The molecule has 12 nitrogen and oxygen atoms in total. The van der Waals surface area contributed by atoms with Crippen molar-refractivity contribution in [2.45, 2.75) is 103 Å². The highest BCUT2D eigenvalue weighted by molar-refractivity contribution is 5.81. The smallest absolute Gasteiger partial charge is 0.338 e.